The van der Waals surface area contributed by atoms with Crippen LogP contribution in [0.4, 0.5) is 0 Å². The Balaban J connectivity index is 2.42. The summed E-state index contributed by atoms with van der Waals surface area (Å²) in [6.45, 7) is 5.22. The number of benzene rings is 1. The quantitative estimate of drug-likeness (QED) is 0.530. The van der Waals surface area contributed by atoms with Crippen molar-refractivity contribution in [1.29, 1.82) is 0 Å². The number of hydrogen-bond donors (Lipinski definition) is 1. The van der Waals surface area contributed by atoms with Crippen LogP contribution in [0.1, 0.15) is 57.6 Å². The lowest BCUT2D eigenvalue weighted by molar-refractivity contribution is 0.478. The molecule has 1 nitrogen and oxygen atoms in total. The summed E-state index contributed by atoms with van der Waals surface area (Å²) >= 11 is 0. The van der Waals surface area contributed by atoms with Crippen LogP contribution < -0.4 is 5.32 Å². The summed E-state index contributed by atoms with van der Waals surface area (Å²) in [5.74, 6) is 6.09. The number of nitrogens with one attached hydrogen (secondary N) is 1. The van der Waals surface area contributed by atoms with Crippen molar-refractivity contribution in [2.45, 2.75) is 52.0 Å². The summed E-state index contributed by atoms with van der Waals surface area (Å²) in [4.78, 5) is 0. The zero-order chi connectivity index (χ0) is 13.1. The van der Waals surface area contributed by atoms with Crippen molar-refractivity contribution in [3.8, 4) is 11.8 Å². The molecule has 0 spiro atoms. The minimum absolute atomic E-state index is 0.501. The maximum Gasteiger partial charge on any atom is 0.0320 e. The van der Waals surface area contributed by atoms with E-state index in [-0.39, 0.29) is 0 Å². The van der Waals surface area contributed by atoms with Crippen molar-refractivity contribution in [2.75, 3.05) is 6.54 Å². The molecule has 18 heavy (non-hydrogen) atoms. The Kier molecular flexibility index (Phi) is 8.01. The summed E-state index contributed by atoms with van der Waals surface area (Å²) in [6, 6.07) is 11.3. The van der Waals surface area contributed by atoms with Gasteiger partial charge in [0.25, 0.3) is 0 Å². The largest absolute Gasteiger partial charge is 0.310 e. The van der Waals surface area contributed by atoms with E-state index in [4.69, 9.17) is 0 Å². The van der Waals surface area contributed by atoms with Crippen LogP contribution in [0.15, 0.2) is 30.3 Å². The van der Waals surface area contributed by atoms with Crippen molar-refractivity contribution in [1.82, 2.24) is 5.32 Å². The third kappa shape index (κ3) is 5.89. The summed E-state index contributed by atoms with van der Waals surface area (Å²) < 4.78 is 0. The first-order valence-corrected chi connectivity index (χ1v) is 7.06. The van der Waals surface area contributed by atoms with Crippen LogP contribution in [-0.2, 0) is 0 Å². The highest BCUT2D eigenvalue weighted by molar-refractivity contribution is 5.18. The Morgan fingerprint density at radius 2 is 1.94 bits per heavy atom. The molecule has 0 aromatic heterocycles. The van der Waals surface area contributed by atoms with E-state index in [9.17, 15) is 0 Å². The third-order valence-corrected chi connectivity index (χ3v) is 3.06. The summed E-state index contributed by atoms with van der Waals surface area (Å²) in [7, 11) is 0. The van der Waals surface area contributed by atoms with Gasteiger partial charge in [0.05, 0.1) is 0 Å². The first kappa shape index (κ1) is 14.8. The van der Waals surface area contributed by atoms with Crippen LogP contribution in [0.3, 0.4) is 0 Å². The van der Waals surface area contributed by atoms with Crippen LogP contribution >= 0.6 is 0 Å². The summed E-state index contributed by atoms with van der Waals surface area (Å²) in [5.41, 5.74) is 1.41. The average molecular weight is 243 g/mol. The molecule has 1 atom stereocenters. The fourth-order valence-electron chi connectivity index (χ4n) is 2.08. The monoisotopic (exact) mass is 243 g/mol. The Morgan fingerprint density at radius 3 is 2.61 bits per heavy atom. The van der Waals surface area contributed by atoms with E-state index in [1.807, 2.05) is 6.92 Å². The van der Waals surface area contributed by atoms with Gasteiger partial charge in [-0.05, 0) is 38.3 Å². The highest BCUT2D eigenvalue weighted by Gasteiger charge is 2.09. The van der Waals surface area contributed by atoms with Gasteiger partial charge in [0.15, 0.2) is 0 Å². The number of unbranched alkanes of at least 4 members (excludes halogenated alkanes) is 2. The fraction of sp³-hybridized carbons (Fsp3) is 0.529. The normalized spacial score (nSPS) is 11.7. The van der Waals surface area contributed by atoms with E-state index in [1.165, 1.54) is 31.2 Å². The van der Waals surface area contributed by atoms with Crippen LogP contribution in [0.5, 0.6) is 0 Å². The molecule has 0 aliphatic rings. The van der Waals surface area contributed by atoms with Crippen LogP contribution in [-0.4, -0.2) is 6.54 Å². The van der Waals surface area contributed by atoms with E-state index < -0.39 is 0 Å². The SMILES string of the molecule is CC#CCCCCC(NCCC)c1ccccc1. The van der Waals surface area contributed by atoms with Gasteiger partial charge in [0, 0.05) is 12.5 Å². The summed E-state index contributed by atoms with van der Waals surface area (Å²) in [6.07, 6.45) is 5.87. The molecule has 0 radical (unpaired) electrons. The maximum absolute atomic E-state index is 3.64. The smallest absolute Gasteiger partial charge is 0.0320 e. The van der Waals surface area contributed by atoms with E-state index in [1.54, 1.807) is 0 Å². The molecule has 1 aromatic rings. The minimum atomic E-state index is 0.501. The second-order valence-electron chi connectivity index (χ2n) is 4.59. The van der Waals surface area contributed by atoms with Gasteiger partial charge in [-0.1, -0.05) is 43.7 Å². The molecule has 0 heterocycles. The molecule has 98 valence electrons. The highest BCUT2D eigenvalue weighted by atomic mass is 14.9. The molecule has 1 N–H and O–H groups in total. The van der Waals surface area contributed by atoms with Gasteiger partial charge in [-0.25, -0.2) is 0 Å². The minimum Gasteiger partial charge on any atom is -0.310 e. The van der Waals surface area contributed by atoms with Crippen LogP contribution in [0.2, 0.25) is 0 Å². The van der Waals surface area contributed by atoms with E-state index in [2.05, 4.69) is 54.4 Å². The fourth-order valence-corrected chi connectivity index (χ4v) is 2.08. The predicted molar refractivity (Wildman–Crippen MR) is 79.4 cm³/mol. The first-order valence-electron chi connectivity index (χ1n) is 7.06. The van der Waals surface area contributed by atoms with Crippen LogP contribution in [0, 0.1) is 11.8 Å². The lowest BCUT2D eigenvalue weighted by Crippen LogP contribution is -2.22. The molecule has 0 aliphatic carbocycles. The molecule has 1 aromatic carbocycles. The molecule has 0 saturated heterocycles. The van der Waals surface area contributed by atoms with Crippen molar-refractivity contribution >= 4 is 0 Å². The molecule has 1 heteroatoms. The average Bonchev–Trinajstić information content (AvgIpc) is 2.43. The molecule has 1 unspecified atom stereocenters. The molecule has 0 bridgehead atoms. The Bertz CT molecular complexity index is 358. The van der Waals surface area contributed by atoms with Crippen molar-refractivity contribution in [3.05, 3.63) is 35.9 Å². The lowest BCUT2D eigenvalue weighted by Gasteiger charge is -2.18. The molecule has 0 aliphatic heterocycles. The van der Waals surface area contributed by atoms with Gasteiger partial charge in [-0.3, -0.25) is 0 Å². The first-order chi connectivity index (χ1) is 8.88. The second kappa shape index (κ2) is 9.74. The Labute approximate surface area is 112 Å². The molecular formula is C17H25N. The van der Waals surface area contributed by atoms with Gasteiger partial charge < -0.3 is 5.32 Å². The number of hydrogen-bond acceptors (Lipinski definition) is 1. The standard InChI is InChI=1S/C17H25N/c1-3-5-6-7-11-14-17(18-15-4-2)16-12-9-8-10-13-16/h8-10,12-13,17-18H,4,6-7,11,14-15H2,1-2H3. The zero-order valence-corrected chi connectivity index (χ0v) is 11.7. The van der Waals surface area contributed by atoms with E-state index >= 15 is 0 Å². The van der Waals surface area contributed by atoms with Crippen molar-refractivity contribution < 1.29 is 0 Å². The second-order valence-corrected chi connectivity index (χ2v) is 4.59. The van der Waals surface area contributed by atoms with E-state index in [0.29, 0.717) is 6.04 Å². The molecule has 1 rings (SSSR count). The molecule has 0 saturated carbocycles. The van der Waals surface area contributed by atoms with Gasteiger partial charge in [0.2, 0.25) is 0 Å². The van der Waals surface area contributed by atoms with E-state index in [0.717, 1.165) is 13.0 Å². The number of rotatable bonds is 8. The molecular weight excluding hydrogens is 218 g/mol. The topological polar surface area (TPSA) is 12.0 Å². The summed E-state index contributed by atoms with van der Waals surface area (Å²) in [5, 5.41) is 3.64. The van der Waals surface area contributed by atoms with Gasteiger partial charge in [-0.2, -0.15) is 0 Å². The van der Waals surface area contributed by atoms with Crippen LogP contribution in [0.25, 0.3) is 0 Å². The lowest BCUT2D eigenvalue weighted by atomic mass is 10.0. The van der Waals surface area contributed by atoms with Gasteiger partial charge in [0.1, 0.15) is 0 Å². The van der Waals surface area contributed by atoms with Crippen molar-refractivity contribution in [3.63, 3.8) is 0 Å². The predicted octanol–water partition coefficient (Wildman–Crippen LogP) is 4.31. The zero-order valence-electron chi connectivity index (χ0n) is 11.7. The molecule has 0 amide bonds. The highest BCUT2D eigenvalue weighted by Crippen LogP contribution is 2.19. The maximum atomic E-state index is 3.64. The Hall–Kier alpha value is -1.26. The van der Waals surface area contributed by atoms with Crippen molar-refractivity contribution in [2.24, 2.45) is 0 Å². The van der Waals surface area contributed by atoms with Gasteiger partial charge in [-0.15, -0.1) is 11.8 Å². The Morgan fingerprint density at radius 1 is 1.17 bits per heavy atom. The molecule has 0 fully saturated rings. The third-order valence-electron chi connectivity index (χ3n) is 3.06. The van der Waals surface area contributed by atoms with Gasteiger partial charge >= 0.3 is 0 Å².